The van der Waals surface area contributed by atoms with Crippen LogP contribution in [0.5, 0.6) is 0 Å². The number of thiophene rings is 1. The molecule has 0 unspecified atom stereocenters. The SMILES string of the molecule is CCCCN(C(=O)c1cc2c(C)nn(-c3ccccc3)c2s1)c1c(N)n(CCC)c(=O)[nH]c1=O. The summed E-state index contributed by atoms with van der Waals surface area (Å²) in [4.78, 5) is 43.9. The number of nitrogens with two attached hydrogens (primary N) is 1. The number of H-pyrrole nitrogens is 1. The zero-order chi connectivity index (χ0) is 24.4. The number of nitrogens with one attached hydrogen (secondary N) is 1. The molecule has 3 aromatic heterocycles. The molecule has 0 saturated heterocycles. The Balaban J connectivity index is 1.83. The number of anilines is 2. The van der Waals surface area contributed by atoms with Crippen molar-refractivity contribution in [2.75, 3.05) is 17.2 Å². The third-order valence-corrected chi connectivity index (χ3v) is 6.77. The number of amides is 1. The number of carbonyl (C=O) groups is 1. The first-order chi connectivity index (χ1) is 16.4. The lowest BCUT2D eigenvalue weighted by molar-refractivity contribution is 0.0990. The summed E-state index contributed by atoms with van der Waals surface area (Å²) in [5.41, 5.74) is 6.77. The Morgan fingerprint density at radius 1 is 1.18 bits per heavy atom. The van der Waals surface area contributed by atoms with E-state index in [1.165, 1.54) is 20.8 Å². The van der Waals surface area contributed by atoms with Crippen molar-refractivity contribution in [1.29, 1.82) is 0 Å². The van der Waals surface area contributed by atoms with Gasteiger partial charge in [0.2, 0.25) is 0 Å². The number of rotatable bonds is 8. The minimum Gasteiger partial charge on any atom is -0.383 e. The van der Waals surface area contributed by atoms with E-state index in [9.17, 15) is 14.4 Å². The summed E-state index contributed by atoms with van der Waals surface area (Å²) >= 11 is 1.32. The van der Waals surface area contributed by atoms with Gasteiger partial charge in [0.05, 0.1) is 16.3 Å². The smallest absolute Gasteiger partial charge is 0.330 e. The molecular weight excluding hydrogens is 452 g/mol. The van der Waals surface area contributed by atoms with Crippen LogP contribution in [-0.2, 0) is 6.54 Å². The first-order valence-corrected chi connectivity index (χ1v) is 12.2. The summed E-state index contributed by atoms with van der Waals surface area (Å²) in [5, 5.41) is 5.51. The van der Waals surface area contributed by atoms with Gasteiger partial charge < -0.3 is 5.73 Å². The quantitative estimate of drug-likeness (QED) is 0.399. The van der Waals surface area contributed by atoms with Gasteiger partial charge >= 0.3 is 5.69 Å². The van der Waals surface area contributed by atoms with E-state index in [4.69, 9.17) is 5.73 Å². The average molecular weight is 481 g/mol. The number of aromatic amines is 1. The van der Waals surface area contributed by atoms with E-state index in [0.29, 0.717) is 30.8 Å². The van der Waals surface area contributed by atoms with Crippen LogP contribution in [0, 0.1) is 6.92 Å². The highest BCUT2D eigenvalue weighted by Crippen LogP contribution is 2.32. The maximum absolute atomic E-state index is 13.7. The van der Waals surface area contributed by atoms with Gasteiger partial charge in [-0.25, -0.2) is 9.48 Å². The second-order valence-electron chi connectivity index (χ2n) is 8.12. The minimum atomic E-state index is -0.660. The molecule has 3 heterocycles. The Kier molecular flexibility index (Phi) is 6.69. The molecule has 178 valence electrons. The monoisotopic (exact) mass is 480 g/mol. The molecule has 0 bridgehead atoms. The van der Waals surface area contributed by atoms with E-state index in [2.05, 4.69) is 10.1 Å². The fraction of sp³-hybridized carbons (Fsp3) is 0.333. The molecule has 4 aromatic rings. The molecule has 0 aliphatic heterocycles. The van der Waals surface area contributed by atoms with Gasteiger partial charge in [0.25, 0.3) is 11.5 Å². The van der Waals surface area contributed by atoms with Crippen molar-refractivity contribution in [3.05, 3.63) is 67.8 Å². The number of hydrogen-bond acceptors (Lipinski definition) is 6. The number of benzene rings is 1. The largest absolute Gasteiger partial charge is 0.383 e. The molecule has 34 heavy (non-hydrogen) atoms. The van der Waals surface area contributed by atoms with Crippen LogP contribution in [0.4, 0.5) is 11.5 Å². The molecule has 0 radical (unpaired) electrons. The van der Waals surface area contributed by atoms with Crippen molar-refractivity contribution in [3.63, 3.8) is 0 Å². The van der Waals surface area contributed by atoms with Crippen LogP contribution in [0.15, 0.2) is 46.0 Å². The van der Waals surface area contributed by atoms with E-state index in [1.807, 2.05) is 61.9 Å². The van der Waals surface area contributed by atoms with Gasteiger partial charge in [0.15, 0.2) is 5.69 Å². The number of aryl methyl sites for hydroxylation is 1. The molecule has 0 aliphatic carbocycles. The van der Waals surface area contributed by atoms with Gasteiger partial charge in [-0.3, -0.25) is 24.0 Å². The Morgan fingerprint density at radius 2 is 1.91 bits per heavy atom. The Morgan fingerprint density at radius 3 is 2.59 bits per heavy atom. The zero-order valence-corrected chi connectivity index (χ0v) is 20.3. The number of nitrogens with zero attached hydrogens (tertiary/aromatic N) is 4. The van der Waals surface area contributed by atoms with Crippen LogP contribution < -0.4 is 21.9 Å². The van der Waals surface area contributed by atoms with Crippen LogP contribution >= 0.6 is 11.3 Å². The van der Waals surface area contributed by atoms with Crippen molar-refractivity contribution >= 4 is 39.0 Å². The molecule has 3 N–H and O–H groups in total. The number of hydrogen-bond donors (Lipinski definition) is 2. The molecule has 9 nitrogen and oxygen atoms in total. The molecule has 0 aliphatic rings. The average Bonchev–Trinajstić information content (AvgIpc) is 3.39. The number of carbonyl (C=O) groups excluding carboxylic acids is 1. The van der Waals surface area contributed by atoms with Crippen molar-refractivity contribution < 1.29 is 4.79 Å². The number of aromatic nitrogens is 4. The van der Waals surface area contributed by atoms with Gasteiger partial charge in [0, 0.05) is 18.5 Å². The van der Waals surface area contributed by atoms with Crippen LogP contribution in [0.25, 0.3) is 15.9 Å². The van der Waals surface area contributed by atoms with Crippen LogP contribution in [0.3, 0.4) is 0 Å². The topological polar surface area (TPSA) is 119 Å². The zero-order valence-electron chi connectivity index (χ0n) is 19.5. The van der Waals surface area contributed by atoms with E-state index in [1.54, 1.807) is 0 Å². The normalized spacial score (nSPS) is 11.3. The van der Waals surface area contributed by atoms with E-state index < -0.39 is 11.2 Å². The molecule has 0 spiro atoms. The summed E-state index contributed by atoms with van der Waals surface area (Å²) in [6, 6.07) is 11.5. The maximum atomic E-state index is 13.7. The predicted molar refractivity (Wildman–Crippen MR) is 136 cm³/mol. The Bertz CT molecular complexity index is 1450. The summed E-state index contributed by atoms with van der Waals surface area (Å²) in [7, 11) is 0. The number of fused-ring (bicyclic) bond motifs is 1. The number of nitrogen functional groups attached to an aromatic ring is 1. The molecule has 1 amide bonds. The third kappa shape index (κ3) is 4.16. The van der Waals surface area contributed by atoms with Gasteiger partial charge in [-0.2, -0.15) is 5.10 Å². The van der Waals surface area contributed by atoms with Crippen LogP contribution in [-0.4, -0.2) is 31.8 Å². The lowest BCUT2D eigenvalue weighted by Crippen LogP contribution is -2.41. The van der Waals surface area contributed by atoms with Gasteiger partial charge in [-0.15, -0.1) is 11.3 Å². The minimum absolute atomic E-state index is 0.00723. The predicted octanol–water partition coefficient (Wildman–Crippen LogP) is 3.68. The standard InChI is InChI=1S/C24H28N6O3S/c1-4-6-13-28(19-20(25)29(12-5-2)24(33)26-21(19)31)22(32)18-14-17-15(3)27-30(23(17)34-18)16-10-8-7-9-11-16/h7-11,14H,4-6,12-13,25H2,1-3H3,(H,26,31,33). The summed E-state index contributed by atoms with van der Waals surface area (Å²) in [6.07, 6.45) is 2.16. The number of unbranched alkanes of at least 4 members (excludes halogenated alkanes) is 1. The van der Waals surface area contributed by atoms with Crippen molar-refractivity contribution in [2.24, 2.45) is 0 Å². The van der Waals surface area contributed by atoms with Crippen LogP contribution in [0.2, 0.25) is 0 Å². The van der Waals surface area contributed by atoms with E-state index in [0.717, 1.165) is 28.0 Å². The van der Waals surface area contributed by atoms with E-state index >= 15 is 0 Å². The fourth-order valence-corrected chi connectivity index (χ4v) is 5.08. The van der Waals surface area contributed by atoms with Crippen molar-refractivity contribution in [3.8, 4) is 5.69 Å². The maximum Gasteiger partial charge on any atom is 0.330 e. The Labute approximate surface area is 200 Å². The number of para-hydroxylation sites is 1. The van der Waals surface area contributed by atoms with Gasteiger partial charge in [0.1, 0.15) is 10.6 Å². The molecule has 4 rings (SSSR count). The Hall–Kier alpha value is -3.66. The summed E-state index contributed by atoms with van der Waals surface area (Å²) in [5.74, 6) is -0.319. The summed E-state index contributed by atoms with van der Waals surface area (Å²) in [6.45, 7) is 6.48. The highest BCUT2D eigenvalue weighted by atomic mass is 32.1. The second kappa shape index (κ2) is 9.68. The lowest BCUT2D eigenvalue weighted by atomic mass is 10.2. The van der Waals surface area contributed by atoms with Crippen LogP contribution in [0.1, 0.15) is 48.5 Å². The molecule has 0 fully saturated rings. The van der Waals surface area contributed by atoms with Gasteiger partial charge in [-0.1, -0.05) is 38.5 Å². The fourth-order valence-electron chi connectivity index (χ4n) is 3.94. The second-order valence-corrected chi connectivity index (χ2v) is 9.15. The van der Waals surface area contributed by atoms with Crippen molar-refractivity contribution in [1.82, 2.24) is 19.3 Å². The first kappa shape index (κ1) is 23.5. The molecule has 0 saturated carbocycles. The van der Waals surface area contributed by atoms with E-state index in [-0.39, 0.29) is 17.4 Å². The van der Waals surface area contributed by atoms with Gasteiger partial charge in [-0.05, 0) is 38.0 Å². The summed E-state index contributed by atoms with van der Waals surface area (Å²) < 4.78 is 3.14. The molecular formula is C24H28N6O3S. The highest BCUT2D eigenvalue weighted by Gasteiger charge is 2.27. The molecule has 10 heteroatoms. The lowest BCUT2D eigenvalue weighted by Gasteiger charge is -2.24. The molecule has 0 atom stereocenters. The third-order valence-electron chi connectivity index (χ3n) is 5.67. The first-order valence-electron chi connectivity index (χ1n) is 11.4. The van der Waals surface area contributed by atoms with Crippen molar-refractivity contribution in [2.45, 2.75) is 46.6 Å². The molecule has 1 aromatic carbocycles. The highest BCUT2D eigenvalue weighted by molar-refractivity contribution is 7.20.